The third-order valence-corrected chi connectivity index (χ3v) is 4.64. The zero-order valence-electron chi connectivity index (χ0n) is 15.9. The third-order valence-electron chi connectivity index (χ3n) is 4.64. The molecule has 3 rings (SSSR count). The molecular weight excluding hydrogens is 344 g/mol. The van der Waals surface area contributed by atoms with Gasteiger partial charge >= 0.3 is 0 Å². The summed E-state index contributed by atoms with van der Waals surface area (Å²) in [4.78, 5) is 27.1. The first-order valence-corrected chi connectivity index (χ1v) is 8.54. The van der Waals surface area contributed by atoms with Crippen molar-refractivity contribution in [2.24, 2.45) is 0 Å². The van der Waals surface area contributed by atoms with Crippen LogP contribution in [0.15, 0.2) is 53.3 Å². The molecule has 0 aliphatic carbocycles. The Labute approximate surface area is 157 Å². The van der Waals surface area contributed by atoms with Crippen LogP contribution in [-0.2, 0) is 11.3 Å². The second-order valence-electron chi connectivity index (χ2n) is 6.25. The van der Waals surface area contributed by atoms with Gasteiger partial charge in [0.2, 0.25) is 5.91 Å². The fourth-order valence-corrected chi connectivity index (χ4v) is 3.06. The van der Waals surface area contributed by atoms with Crippen LogP contribution in [0.3, 0.4) is 0 Å². The molecule has 0 radical (unpaired) electrons. The molecule has 6 heteroatoms. The monoisotopic (exact) mass is 366 g/mol. The lowest BCUT2D eigenvalue weighted by Gasteiger charge is -2.21. The number of likely N-dealkylation sites (N-methyl/N-ethyl adjacent to an activating group) is 1. The predicted molar refractivity (Wildman–Crippen MR) is 106 cm³/mol. The topological polar surface area (TPSA) is 60.8 Å². The van der Waals surface area contributed by atoms with E-state index in [0.29, 0.717) is 22.6 Å². The van der Waals surface area contributed by atoms with Crippen LogP contribution in [0.4, 0.5) is 5.69 Å². The molecule has 0 saturated heterocycles. The summed E-state index contributed by atoms with van der Waals surface area (Å²) in [6, 6.07) is 14.5. The van der Waals surface area contributed by atoms with Crippen LogP contribution >= 0.6 is 0 Å². The Morgan fingerprint density at radius 3 is 2.52 bits per heavy atom. The Kier molecular flexibility index (Phi) is 5.16. The van der Waals surface area contributed by atoms with E-state index in [1.165, 1.54) is 16.6 Å². The Morgan fingerprint density at radius 2 is 1.81 bits per heavy atom. The number of anilines is 1. The van der Waals surface area contributed by atoms with Crippen molar-refractivity contribution in [2.75, 3.05) is 26.2 Å². The lowest BCUT2D eigenvalue weighted by molar-refractivity contribution is -0.119. The summed E-state index contributed by atoms with van der Waals surface area (Å²) in [5, 5.41) is 1.47. The van der Waals surface area contributed by atoms with Gasteiger partial charge in [0.05, 0.1) is 19.9 Å². The minimum atomic E-state index is -0.223. The summed E-state index contributed by atoms with van der Waals surface area (Å²) in [6.07, 6.45) is 0. The lowest BCUT2D eigenvalue weighted by atomic mass is 10.1. The number of rotatable bonds is 5. The van der Waals surface area contributed by atoms with Gasteiger partial charge in [0.15, 0.2) is 0 Å². The van der Waals surface area contributed by atoms with E-state index in [1.54, 1.807) is 38.4 Å². The van der Waals surface area contributed by atoms with Crippen LogP contribution in [0.2, 0.25) is 0 Å². The lowest BCUT2D eigenvalue weighted by Crippen LogP contribution is -2.35. The molecule has 0 unspecified atom stereocenters. The second kappa shape index (κ2) is 7.53. The van der Waals surface area contributed by atoms with Gasteiger partial charge in [-0.15, -0.1) is 0 Å². The molecule has 0 aliphatic heterocycles. The number of carbonyl (C=O) groups excluding carboxylic acids is 1. The second-order valence-corrected chi connectivity index (χ2v) is 6.25. The maximum absolute atomic E-state index is 12.9. The van der Waals surface area contributed by atoms with Crippen LogP contribution in [0.5, 0.6) is 11.5 Å². The van der Waals surface area contributed by atoms with E-state index < -0.39 is 0 Å². The molecule has 0 spiro atoms. The van der Waals surface area contributed by atoms with Crippen molar-refractivity contribution in [2.45, 2.75) is 13.5 Å². The molecule has 1 amide bonds. The smallest absolute Gasteiger partial charge is 0.259 e. The van der Waals surface area contributed by atoms with Crippen LogP contribution < -0.4 is 19.9 Å². The number of aryl methyl sites for hydroxylation is 1. The fraction of sp³-hybridized carbons (Fsp3) is 0.238. The van der Waals surface area contributed by atoms with Crippen molar-refractivity contribution in [1.82, 2.24) is 4.57 Å². The Morgan fingerprint density at radius 1 is 1.07 bits per heavy atom. The molecule has 1 heterocycles. The maximum atomic E-state index is 12.9. The van der Waals surface area contributed by atoms with E-state index in [-0.39, 0.29) is 18.0 Å². The van der Waals surface area contributed by atoms with Crippen molar-refractivity contribution in [3.8, 4) is 11.5 Å². The van der Waals surface area contributed by atoms with Crippen LogP contribution in [0.25, 0.3) is 10.8 Å². The number of pyridine rings is 1. The van der Waals surface area contributed by atoms with Crippen molar-refractivity contribution in [3.05, 3.63) is 64.6 Å². The predicted octanol–water partition coefficient (Wildman–Crippen LogP) is 2.99. The summed E-state index contributed by atoms with van der Waals surface area (Å²) in [7, 11) is 4.76. The van der Waals surface area contributed by atoms with Gasteiger partial charge < -0.3 is 18.9 Å². The molecule has 0 fully saturated rings. The normalized spacial score (nSPS) is 10.7. The summed E-state index contributed by atoms with van der Waals surface area (Å²) in [5.41, 5.74) is 1.17. The molecule has 1 aromatic heterocycles. The van der Waals surface area contributed by atoms with Gasteiger partial charge in [-0.25, -0.2) is 0 Å². The van der Waals surface area contributed by atoms with Gasteiger partial charge in [-0.05, 0) is 36.6 Å². The number of amides is 1. The third kappa shape index (κ3) is 3.51. The summed E-state index contributed by atoms with van der Waals surface area (Å²) in [6.45, 7) is 1.77. The first-order valence-electron chi connectivity index (χ1n) is 8.54. The zero-order chi connectivity index (χ0) is 19.6. The number of methoxy groups -OCH3 is 2. The minimum Gasteiger partial charge on any atom is -0.497 e. The summed E-state index contributed by atoms with van der Waals surface area (Å²) in [5.74, 6) is 0.935. The Balaban J connectivity index is 1.94. The molecular formula is C21H22N2O4. The van der Waals surface area contributed by atoms with E-state index in [2.05, 4.69) is 0 Å². The van der Waals surface area contributed by atoms with Crippen LogP contribution in [0.1, 0.15) is 5.69 Å². The van der Waals surface area contributed by atoms with Gasteiger partial charge in [-0.3, -0.25) is 9.59 Å². The fourth-order valence-electron chi connectivity index (χ4n) is 3.06. The average molecular weight is 366 g/mol. The van der Waals surface area contributed by atoms with Gasteiger partial charge in [-0.1, -0.05) is 18.2 Å². The number of benzene rings is 2. The maximum Gasteiger partial charge on any atom is 0.259 e. The first kappa shape index (κ1) is 18.5. The van der Waals surface area contributed by atoms with Crippen LogP contribution in [0, 0.1) is 6.92 Å². The van der Waals surface area contributed by atoms with Gasteiger partial charge in [0, 0.05) is 24.2 Å². The van der Waals surface area contributed by atoms with E-state index >= 15 is 0 Å². The number of nitrogens with zero attached hydrogens (tertiary/aromatic N) is 2. The van der Waals surface area contributed by atoms with Crippen molar-refractivity contribution >= 4 is 22.4 Å². The zero-order valence-corrected chi connectivity index (χ0v) is 15.9. The van der Waals surface area contributed by atoms with Gasteiger partial charge in [0.25, 0.3) is 5.56 Å². The van der Waals surface area contributed by atoms with E-state index in [9.17, 15) is 9.59 Å². The number of fused-ring (bicyclic) bond motifs is 1. The molecule has 0 saturated carbocycles. The molecule has 140 valence electrons. The molecule has 0 N–H and O–H groups in total. The minimum absolute atomic E-state index is 0.0544. The molecule has 0 atom stereocenters. The van der Waals surface area contributed by atoms with Gasteiger partial charge in [-0.2, -0.15) is 0 Å². The highest BCUT2D eigenvalue weighted by atomic mass is 16.5. The molecule has 27 heavy (non-hydrogen) atoms. The number of aromatic nitrogens is 1. The first-order chi connectivity index (χ1) is 13.0. The summed E-state index contributed by atoms with van der Waals surface area (Å²) < 4.78 is 12.1. The number of carbonyl (C=O) groups is 1. The standard InChI is InChI=1S/C21H22N2O4/c1-14-11-15-7-5-6-8-17(15)21(25)23(14)13-20(24)22(2)18-10-9-16(26-3)12-19(18)27-4/h5-12H,13H2,1-4H3. The largest absolute Gasteiger partial charge is 0.497 e. The summed E-state index contributed by atoms with van der Waals surface area (Å²) >= 11 is 0. The number of hydrogen-bond donors (Lipinski definition) is 0. The Hall–Kier alpha value is -3.28. The van der Waals surface area contributed by atoms with Crippen molar-refractivity contribution in [3.63, 3.8) is 0 Å². The van der Waals surface area contributed by atoms with E-state index in [1.807, 2.05) is 31.2 Å². The average Bonchev–Trinajstić information content (AvgIpc) is 2.69. The molecule has 0 bridgehead atoms. The van der Waals surface area contributed by atoms with Gasteiger partial charge in [0.1, 0.15) is 18.0 Å². The van der Waals surface area contributed by atoms with E-state index in [0.717, 1.165) is 11.1 Å². The van der Waals surface area contributed by atoms with Crippen LogP contribution in [-0.4, -0.2) is 31.7 Å². The Bertz CT molecular complexity index is 1060. The molecule has 2 aromatic carbocycles. The highest BCUT2D eigenvalue weighted by Crippen LogP contribution is 2.31. The van der Waals surface area contributed by atoms with E-state index in [4.69, 9.17) is 9.47 Å². The molecule has 0 aliphatic rings. The molecule has 3 aromatic rings. The number of hydrogen-bond acceptors (Lipinski definition) is 4. The van der Waals surface area contributed by atoms with Crippen molar-refractivity contribution < 1.29 is 14.3 Å². The highest BCUT2D eigenvalue weighted by molar-refractivity contribution is 5.94. The molecule has 6 nitrogen and oxygen atoms in total. The quantitative estimate of drug-likeness (QED) is 0.696. The van der Waals surface area contributed by atoms with Crippen molar-refractivity contribution in [1.29, 1.82) is 0 Å². The SMILES string of the molecule is COc1ccc(N(C)C(=O)Cn2c(C)cc3ccccc3c2=O)c(OC)c1. The highest BCUT2D eigenvalue weighted by Gasteiger charge is 2.18. The number of ether oxygens (including phenoxy) is 2.